The fraction of sp³-hybridized carbons (Fsp3) is 0.455. The molecule has 2 saturated heterocycles. The molecule has 4 aliphatic rings. The number of allylic oxidation sites excluding steroid dienone is 3. The molecule has 4 aliphatic heterocycles. The molecular weight excluding hydrogens is 693 g/mol. The van der Waals surface area contributed by atoms with E-state index >= 15 is 0 Å². The van der Waals surface area contributed by atoms with E-state index in [1.54, 1.807) is 0 Å². The molecule has 4 amide bonds. The molecule has 2 aromatic rings. The second-order valence-corrected chi connectivity index (χ2v) is 15.7. The molecular formula is C44H54N6O5. The third-order valence-electron chi connectivity index (χ3n) is 11.2. The molecule has 11 heteroatoms. The molecule has 2 aromatic carbocycles. The molecule has 0 radical (unpaired) electrons. The van der Waals surface area contributed by atoms with Gasteiger partial charge in [-0.05, 0) is 71.4 Å². The normalized spacial score (nSPS) is 21.4. The lowest BCUT2D eigenvalue weighted by atomic mass is 9.94. The van der Waals surface area contributed by atoms with Gasteiger partial charge in [-0.15, -0.1) is 0 Å². The average molecular weight is 747 g/mol. The largest absolute Gasteiger partial charge is 0.453 e. The predicted octanol–water partition coefficient (Wildman–Crippen LogP) is 6.80. The lowest BCUT2D eigenvalue weighted by Crippen LogP contribution is -2.53. The minimum absolute atomic E-state index is 0.00488. The van der Waals surface area contributed by atoms with Crippen LogP contribution in [0.4, 0.5) is 4.79 Å². The molecule has 0 spiro atoms. The van der Waals surface area contributed by atoms with E-state index < -0.39 is 18.2 Å². The number of amides is 4. The first kappa shape index (κ1) is 39.4. The Balaban J connectivity index is 1.06. The summed E-state index contributed by atoms with van der Waals surface area (Å²) in [6, 6.07) is 15.6. The summed E-state index contributed by atoms with van der Waals surface area (Å²) in [5, 5.41) is 5.58. The Bertz CT molecular complexity index is 1960. The molecule has 0 saturated carbocycles. The van der Waals surface area contributed by atoms with E-state index in [0.29, 0.717) is 25.9 Å². The quantitative estimate of drug-likeness (QED) is 0.244. The minimum atomic E-state index is -0.691. The number of ether oxygens (including phenoxy) is 1. The van der Waals surface area contributed by atoms with E-state index in [2.05, 4.69) is 65.2 Å². The van der Waals surface area contributed by atoms with Crippen LogP contribution in [0.5, 0.6) is 0 Å². The monoisotopic (exact) mass is 746 g/mol. The Hall–Kier alpha value is -5.32. The number of hydrogen-bond acceptors (Lipinski definition) is 7. The Morgan fingerprint density at radius 3 is 1.73 bits per heavy atom. The highest BCUT2D eigenvalue weighted by Crippen LogP contribution is 2.35. The van der Waals surface area contributed by atoms with Gasteiger partial charge in [-0.3, -0.25) is 24.4 Å². The van der Waals surface area contributed by atoms with Crippen molar-refractivity contribution in [2.45, 2.75) is 97.8 Å². The molecule has 6 rings (SSSR count). The first-order chi connectivity index (χ1) is 26.4. The Morgan fingerprint density at radius 2 is 1.24 bits per heavy atom. The summed E-state index contributed by atoms with van der Waals surface area (Å²) in [6.45, 7) is 12.4. The molecule has 0 aliphatic carbocycles. The zero-order chi connectivity index (χ0) is 39.4. The lowest BCUT2D eigenvalue weighted by molar-refractivity contribution is -0.137. The zero-order valence-electron chi connectivity index (χ0n) is 33.1. The van der Waals surface area contributed by atoms with Crippen LogP contribution in [0.25, 0.3) is 22.3 Å². The van der Waals surface area contributed by atoms with Crippen molar-refractivity contribution in [2.75, 3.05) is 20.2 Å². The van der Waals surface area contributed by atoms with Gasteiger partial charge < -0.3 is 25.2 Å². The van der Waals surface area contributed by atoms with Gasteiger partial charge >= 0.3 is 6.09 Å². The number of nitrogens with one attached hydrogen (secondary N) is 2. The zero-order valence-corrected chi connectivity index (χ0v) is 33.1. The molecule has 2 unspecified atom stereocenters. The van der Waals surface area contributed by atoms with Crippen LogP contribution < -0.4 is 10.6 Å². The number of benzene rings is 2. The van der Waals surface area contributed by atoms with E-state index in [9.17, 15) is 19.2 Å². The lowest BCUT2D eigenvalue weighted by Gasteiger charge is -2.31. The standard InChI is InChI=1S/C44H54N6O5/c1-8-29-20-39(50(25-29)43(53)41(27(4)5)48-44(54)55-7)37-22-35(24-46-37)33-17-13-31(14-18-33)30-11-15-32(16-12-30)34-21-36(45-23-34)38-10-9-19-49(38)42(52)40(26(2)3)47-28(6)51/h8,11-18,23-24,26-27,38-41H,9-10,19-22,25H2,1-7H3,(H,47,51)(H,48,54)/b29-8+/t38-,39-,40?,41?/m0/s1. The highest BCUT2D eigenvalue weighted by molar-refractivity contribution is 6.05. The van der Waals surface area contributed by atoms with E-state index in [0.717, 1.165) is 64.1 Å². The second kappa shape index (κ2) is 17.0. The number of likely N-dealkylation sites (tertiary alicyclic amines) is 2. The summed E-state index contributed by atoms with van der Waals surface area (Å²) < 4.78 is 4.80. The van der Waals surface area contributed by atoms with Gasteiger partial charge in [0.2, 0.25) is 17.7 Å². The van der Waals surface area contributed by atoms with Crippen molar-refractivity contribution in [2.24, 2.45) is 21.8 Å². The van der Waals surface area contributed by atoms with Crippen LogP contribution in [-0.2, 0) is 19.1 Å². The van der Waals surface area contributed by atoms with Crippen molar-refractivity contribution < 1.29 is 23.9 Å². The highest BCUT2D eigenvalue weighted by atomic mass is 16.5. The summed E-state index contributed by atoms with van der Waals surface area (Å²) in [5.74, 6) is -0.464. The molecule has 55 heavy (non-hydrogen) atoms. The highest BCUT2D eigenvalue weighted by Gasteiger charge is 2.41. The van der Waals surface area contributed by atoms with Crippen molar-refractivity contribution in [1.82, 2.24) is 20.4 Å². The maximum Gasteiger partial charge on any atom is 0.407 e. The van der Waals surface area contributed by atoms with Crippen molar-refractivity contribution in [1.29, 1.82) is 0 Å². The first-order valence-electron chi connectivity index (χ1n) is 19.5. The Kier molecular flexibility index (Phi) is 12.2. The SMILES string of the molecule is C/C=C1\C[C@@H](C2=NC=C(c3ccc(-c4ccc(C5=CN=C([C@@H]6CCCN6C(=O)C(NC(C)=O)C(C)C)C5)cc4)cc3)C2)N(C(=O)C(NC(=O)OC)C(C)C)C1. The number of carbonyl (C=O) groups excluding carboxylic acids is 4. The van der Waals surface area contributed by atoms with Crippen molar-refractivity contribution in [3.8, 4) is 11.1 Å². The maximum absolute atomic E-state index is 13.8. The van der Waals surface area contributed by atoms with Crippen molar-refractivity contribution in [3.63, 3.8) is 0 Å². The van der Waals surface area contributed by atoms with Gasteiger partial charge in [0.25, 0.3) is 0 Å². The first-order valence-corrected chi connectivity index (χ1v) is 19.5. The molecule has 4 atom stereocenters. The van der Waals surface area contributed by atoms with Crippen LogP contribution in [-0.4, -0.2) is 89.4 Å². The van der Waals surface area contributed by atoms with E-state index in [1.807, 2.05) is 56.8 Å². The Morgan fingerprint density at radius 1 is 0.745 bits per heavy atom. The summed E-state index contributed by atoms with van der Waals surface area (Å²) in [4.78, 5) is 64.5. The molecule has 11 nitrogen and oxygen atoms in total. The molecule has 290 valence electrons. The molecule has 4 heterocycles. The smallest absolute Gasteiger partial charge is 0.407 e. The van der Waals surface area contributed by atoms with Crippen LogP contribution in [0, 0.1) is 11.8 Å². The number of hydrogen-bond donors (Lipinski definition) is 2. The van der Waals surface area contributed by atoms with Crippen LogP contribution in [0.2, 0.25) is 0 Å². The van der Waals surface area contributed by atoms with Gasteiger partial charge in [-0.25, -0.2) is 4.79 Å². The summed E-state index contributed by atoms with van der Waals surface area (Å²) >= 11 is 0. The predicted molar refractivity (Wildman–Crippen MR) is 217 cm³/mol. The number of methoxy groups -OCH3 is 1. The van der Waals surface area contributed by atoms with E-state index in [4.69, 9.17) is 14.7 Å². The van der Waals surface area contributed by atoms with Crippen LogP contribution in [0.15, 0.2) is 82.6 Å². The second-order valence-electron chi connectivity index (χ2n) is 15.7. The third kappa shape index (κ3) is 8.66. The van der Waals surface area contributed by atoms with Gasteiger partial charge in [0, 0.05) is 56.7 Å². The van der Waals surface area contributed by atoms with E-state index in [-0.39, 0.29) is 41.6 Å². The Labute approximate surface area is 324 Å². The molecule has 0 bridgehead atoms. The topological polar surface area (TPSA) is 133 Å². The fourth-order valence-corrected chi connectivity index (χ4v) is 8.07. The van der Waals surface area contributed by atoms with Crippen LogP contribution in [0.3, 0.4) is 0 Å². The van der Waals surface area contributed by atoms with Crippen LogP contribution in [0.1, 0.15) is 84.8 Å². The molecule has 0 aromatic heterocycles. The van der Waals surface area contributed by atoms with Crippen molar-refractivity contribution >= 4 is 46.4 Å². The number of alkyl carbamates (subject to hydrolysis) is 1. The van der Waals surface area contributed by atoms with Crippen molar-refractivity contribution in [3.05, 3.63) is 83.7 Å². The van der Waals surface area contributed by atoms with Gasteiger partial charge in [0.05, 0.1) is 19.2 Å². The maximum atomic E-state index is 13.8. The van der Waals surface area contributed by atoms with Gasteiger partial charge in [-0.2, -0.15) is 0 Å². The molecule has 2 N–H and O–H groups in total. The van der Waals surface area contributed by atoms with Gasteiger partial charge in [0.15, 0.2) is 0 Å². The minimum Gasteiger partial charge on any atom is -0.453 e. The van der Waals surface area contributed by atoms with E-state index in [1.165, 1.54) is 19.6 Å². The summed E-state index contributed by atoms with van der Waals surface area (Å²) in [6.07, 6.45) is 9.16. The number of nitrogens with zero attached hydrogens (tertiary/aromatic N) is 4. The third-order valence-corrected chi connectivity index (χ3v) is 11.2. The number of rotatable bonds is 11. The number of aliphatic imine (C=N–C) groups is 2. The van der Waals surface area contributed by atoms with Crippen LogP contribution >= 0.6 is 0 Å². The number of carbonyl (C=O) groups is 4. The average Bonchev–Trinajstić information content (AvgIpc) is 4.01. The van der Waals surface area contributed by atoms with Gasteiger partial charge in [0.1, 0.15) is 12.1 Å². The summed E-state index contributed by atoms with van der Waals surface area (Å²) in [7, 11) is 1.30. The molecule has 2 fully saturated rings. The van der Waals surface area contributed by atoms with Gasteiger partial charge in [-0.1, -0.05) is 87.9 Å². The summed E-state index contributed by atoms with van der Waals surface area (Å²) in [5.41, 5.74) is 9.77. The fourth-order valence-electron chi connectivity index (χ4n) is 8.07.